The number of pyridine rings is 3. The summed E-state index contributed by atoms with van der Waals surface area (Å²) in [6.07, 6.45) is 8.49. The number of nitrogens with one attached hydrogen (secondary N) is 1. The predicted molar refractivity (Wildman–Crippen MR) is 132 cm³/mol. The van der Waals surface area contributed by atoms with Crippen molar-refractivity contribution in [2.75, 3.05) is 11.8 Å². The summed E-state index contributed by atoms with van der Waals surface area (Å²) in [6.45, 7) is 0. The van der Waals surface area contributed by atoms with Crippen LogP contribution in [0.15, 0.2) is 103 Å². The van der Waals surface area contributed by atoms with E-state index in [9.17, 15) is 8.42 Å². The van der Waals surface area contributed by atoms with Gasteiger partial charge in [0.1, 0.15) is 5.75 Å². The van der Waals surface area contributed by atoms with Crippen LogP contribution in [0.1, 0.15) is 0 Å². The Labute approximate surface area is 197 Å². The third kappa shape index (κ3) is 4.31. The van der Waals surface area contributed by atoms with Crippen LogP contribution in [0.3, 0.4) is 0 Å². The minimum atomic E-state index is -3.78. The van der Waals surface area contributed by atoms with Gasteiger partial charge in [0.05, 0.1) is 29.4 Å². The highest BCUT2D eigenvalue weighted by Crippen LogP contribution is 2.31. The average Bonchev–Trinajstić information content (AvgIpc) is 2.88. The minimum Gasteiger partial charge on any atom is -0.497 e. The zero-order chi connectivity index (χ0) is 23.5. The average molecular weight is 469 g/mol. The SMILES string of the molecule is COc1ccc(S(=O)(=O)Nc2cncc(-c3ccc4nccc(-c5ccncc5)c4c3)c2)cc1. The lowest BCUT2D eigenvalue weighted by atomic mass is 9.98. The number of hydrogen-bond donors (Lipinski definition) is 1. The number of anilines is 1. The normalized spacial score (nSPS) is 11.3. The van der Waals surface area contributed by atoms with Crippen LogP contribution in [0.2, 0.25) is 0 Å². The Morgan fingerprint density at radius 3 is 2.32 bits per heavy atom. The van der Waals surface area contributed by atoms with Gasteiger partial charge in [-0.2, -0.15) is 0 Å². The van der Waals surface area contributed by atoms with Crippen LogP contribution in [0.25, 0.3) is 33.2 Å². The van der Waals surface area contributed by atoms with Crippen molar-refractivity contribution in [2.24, 2.45) is 0 Å². The summed E-state index contributed by atoms with van der Waals surface area (Å²) >= 11 is 0. The van der Waals surface area contributed by atoms with Gasteiger partial charge in [0.15, 0.2) is 0 Å². The van der Waals surface area contributed by atoms with Crippen LogP contribution < -0.4 is 9.46 Å². The van der Waals surface area contributed by atoms with Crippen molar-refractivity contribution in [3.63, 3.8) is 0 Å². The molecule has 0 bridgehead atoms. The summed E-state index contributed by atoms with van der Waals surface area (Å²) in [5.74, 6) is 0.583. The summed E-state index contributed by atoms with van der Waals surface area (Å²) in [4.78, 5) is 13.0. The highest BCUT2D eigenvalue weighted by Gasteiger charge is 2.15. The Morgan fingerprint density at radius 2 is 1.56 bits per heavy atom. The highest BCUT2D eigenvalue weighted by atomic mass is 32.2. The third-order valence-electron chi connectivity index (χ3n) is 5.43. The second kappa shape index (κ2) is 8.92. The van der Waals surface area contributed by atoms with E-state index in [0.29, 0.717) is 11.4 Å². The summed E-state index contributed by atoms with van der Waals surface area (Å²) in [5, 5.41) is 0.982. The molecule has 5 aromatic rings. The number of methoxy groups -OCH3 is 1. The Hall–Kier alpha value is -4.30. The first-order valence-corrected chi connectivity index (χ1v) is 11.9. The largest absolute Gasteiger partial charge is 0.497 e. The molecular formula is C26H20N4O3S. The molecule has 0 saturated carbocycles. The number of benzene rings is 2. The van der Waals surface area contributed by atoms with Gasteiger partial charge in [0.2, 0.25) is 0 Å². The first kappa shape index (κ1) is 21.5. The van der Waals surface area contributed by atoms with Gasteiger partial charge in [0.25, 0.3) is 10.0 Å². The van der Waals surface area contributed by atoms with Gasteiger partial charge in [-0.3, -0.25) is 19.7 Å². The molecule has 2 aromatic carbocycles. The van der Waals surface area contributed by atoms with E-state index in [4.69, 9.17) is 4.74 Å². The monoisotopic (exact) mass is 468 g/mol. The van der Waals surface area contributed by atoms with Crippen LogP contribution >= 0.6 is 0 Å². The molecule has 0 spiro atoms. The van der Waals surface area contributed by atoms with Crippen LogP contribution in [0.5, 0.6) is 5.75 Å². The molecule has 168 valence electrons. The van der Waals surface area contributed by atoms with Crippen molar-refractivity contribution < 1.29 is 13.2 Å². The number of aromatic nitrogens is 3. The summed E-state index contributed by atoms with van der Waals surface area (Å²) < 4.78 is 33.4. The molecule has 0 aliphatic heterocycles. The predicted octanol–water partition coefficient (Wildman–Crippen LogP) is 5.17. The Kier molecular flexibility index (Phi) is 5.65. The fraction of sp³-hybridized carbons (Fsp3) is 0.0385. The molecule has 1 N–H and O–H groups in total. The zero-order valence-corrected chi connectivity index (χ0v) is 19.0. The second-order valence-corrected chi connectivity index (χ2v) is 9.25. The third-order valence-corrected chi connectivity index (χ3v) is 6.82. The Balaban J connectivity index is 1.50. The van der Waals surface area contributed by atoms with Crippen LogP contribution in [-0.2, 0) is 10.0 Å². The van der Waals surface area contributed by atoms with Crippen molar-refractivity contribution in [1.82, 2.24) is 15.0 Å². The summed E-state index contributed by atoms with van der Waals surface area (Å²) in [5.41, 5.74) is 4.99. The first-order valence-electron chi connectivity index (χ1n) is 10.4. The molecule has 34 heavy (non-hydrogen) atoms. The van der Waals surface area contributed by atoms with Crippen LogP contribution in [0.4, 0.5) is 5.69 Å². The maximum atomic E-state index is 12.8. The molecule has 8 heteroatoms. The zero-order valence-electron chi connectivity index (χ0n) is 18.2. The number of nitrogens with zero attached hydrogens (tertiary/aromatic N) is 3. The standard InChI is InChI=1S/C26H20N4O3S/c1-33-22-3-5-23(6-4-22)34(31,32)30-21-14-20(16-28-17-21)19-2-7-26-25(15-19)24(10-13-29-26)18-8-11-27-12-9-18/h2-17,30H,1H3. The van der Waals surface area contributed by atoms with Gasteiger partial charge >= 0.3 is 0 Å². The van der Waals surface area contributed by atoms with Crippen LogP contribution in [-0.4, -0.2) is 30.5 Å². The number of rotatable bonds is 6. The number of fused-ring (bicyclic) bond motifs is 1. The molecule has 0 unspecified atom stereocenters. The van der Waals surface area contributed by atoms with Gasteiger partial charge < -0.3 is 4.74 Å². The van der Waals surface area contributed by atoms with E-state index in [0.717, 1.165) is 33.2 Å². The Morgan fingerprint density at radius 1 is 0.765 bits per heavy atom. The van der Waals surface area contributed by atoms with E-state index in [-0.39, 0.29) is 4.90 Å². The van der Waals surface area contributed by atoms with Crippen molar-refractivity contribution in [3.05, 3.63) is 97.7 Å². The van der Waals surface area contributed by atoms with Crippen molar-refractivity contribution in [2.45, 2.75) is 4.90 Å². The van der Waals surface area contributed by atoms with E-state index < -0.39 is 10.0 Å². The van der Waals surface area contributed by atoms with Gasteiger partial charge in [-0.15, -0.1) is 0 Å². The second-order valence-electron chi connectivity index (χ2n) is 7.57. The molecule has 0 radical (unpaired) electrons. The minimum absolute atomic E-state index is 0.137. The van der Waals surface area contributed by atoms with E-state index in [2.05, 4.69) is 19.7 Å². The van der Waals surface area contributed by atoms with Gasteiger partial charge in [-0.05, 0) is 77.4 Å². The summed E-state index contributed by atoms with van der Waals surface area (Å²) in [6, 6.07) is 19.8. The molecular weight excluding hydrogens is 448 g/mol. The lowest BCUT2D eigenvalue weighted by molar-refractivity contribution is 0.414. The fourth-order valence-electron chi connectivity index (χ4n) is 3.73. The van der Waals surface area contributed by atoms with Crippen molar-refractivity contribution in [1.29, 1.82) is 0 Å². The fourth-order valence-corrected chi connectivity index (χ4v) is 4.77. The van der Waals surface area contributed by atoms with Gasteiger partial charge in [-0.25, -0.2) is 8.42 Å². The van der Waals surface area contributed by atoms with Crippen molar-refractivity contribution in [3.8, 4) is 28.0 Å². The van der Waals surface area contributed by atoms with Crippen molar-refractivity contribution >= 4 is 26.6 Å². The smallest absolute Gasteiger partial charge is 0.261 e. The summed E-state index contributed by atoms with van der Waals surface area (Å²) in [7, 11) is -2.25. The molecule has 0 amide bonds. The van der Waals surface area contributed by atoms with E-state index in [1.807, 2.05) is 36.4 Å². The first-order chi connectivity index (χ1) is 16.5. The number of ether oxygens (including phenoxy) is 1. The molecule has 7 nitrogen and oxygen atoms in total. The maximum Gasteiger partial charge on any atom is 0.261 e. The molecule has 0 aliphatic rings. The highest BCUT2D eigenvalue weighted by molar-refractivity contribution is 7.92. The molecule has 3 aromatic heterocycles. The van der Waals surface area contributed by atoms with Crippen LogP contribution in [0, 0.1) is 0 Å². The van der Waals surface area contributed by atoms with E-state index in [1.165, 1.54) is 25.4 Å². The Bertz CT molecular complexity index is 1570. The molecule has 3 heterocycles. The molecule has 0 saturated heterocycles. The maximum absolute atomic E-state index is 12.8. The lowest BCUT2D eigenvalue weighted by Crippen LogP contribution is -2.13. The quantitative estimate of drug-likeness (QED) is 0.370. The van der Waals surface area contributed by atoms with Gasteiger partial charge in [-0.1, -0.05) is 6.07 Å². The molecule has 0 atom stereocenters. The lowest BCUT2D eigenvalue weighted by Gasteiger charge is -2.11. The van der Waals surface area contributed by atoms with E-state index >= 15 is 0 Å². The molecule has 0 fully saturated rings. The topological polar surface area (TPSA) is 94.1 Å². The molecule has 0 aliphatic carbocycles. The molecule has 5 rings (SSSR count). The van der Waals surface area contributed by atoms with E-state index in [1.54, 1.807) is 43.0 Å². The number of sulfonamides is 1. The van der Waals surface area contributed by atoms with Gasteiger partial charge in [0, 0.05) is 35.7 Å². The number of hydrogen-bond acceptors (Lipinski definition) is 6.